The van der Waals surface area contributed by atoms with E-state index in [2.05, 4.69) is 16.1 Å². The van der Waals surface area contributed by atoms with E-state index >= 15 is 0 Å². The molecule has 0 bridgehead atoms. The van der Waals surface area contributed by atoms with Gasteiger partial charge in [-0.3, -0.25) is 8.98 Å². The first-order valence-corrected chi connectivity index (χ1v) is 8.44. The van der Waals surface area contributed by atoms with Crippen LogP contribution >= 0.6 is 11.6 Å². The molecule has 2 N–H and O–H groups in total. The van der Waals surface area contributed by atoms with Gasteiger partial charge in [0.1, 0.15) is 10.6 Å². The molecule has 0 aliphatic carbocycles. The molecule has 0 aromatic heterocycles. The quantitative estimate of drug-likeness (QED) is 0.791. The van der Waals surface area contributed by atoms with Gasteiger partial charge in [0, 0.05) is 10.7 Å². The Morgan fingerprint density at radius 2 is 2.00 bits per heavy atom. The molecule has 0 saturated carbocycles. The molecule has 0 spiro atoms. The Hall–Kier alpha value is -2.35. The van der Waals surface area contributed by atoms with E-state index in [1.54, 1.807) is 0 Å². The molecule has 2 rings (SSSR count). The number of nitrogens with one attached hydrogen (secondary N) is 1. The summed E-state index contributed by atoms with van der Waals surface area (Å²) in [6, 6.07) is 8.26. The highest BCUT2D eigenvalue weighted by Gasteiger charge is 2.19. The molecular weight excluding hydrogens is 354 g/mol. The summed E-state index contributed by atoms with van der Waals surface area (Å²) in [5.41, 5.74) is 0.507. The molecular formula is C16H14ClNO5S. The number of hydrogen-bond acceptors (Lipinski definition) is 5. The smallest absolute Gasteiger partial charge is 0.297 e. The van der Waals surface area contributed by atoms with Crippen molar-refractivity contribution in [2.45, 2.75) is 4.90 Å². The van der Waals surface area contributed by atoms with Crippen LogP contribution in [0.15, 0.2) is 47.9 Å². The van der Waals surface area contributed by atoms with Gasteiger partial charge in [-0.05, 0) is 35.9 Å². The molecule has 0 radical (unpaired) electrons. The molecule has 0 unspecified atom stereocenters. The second-order valence-electron chi connectivity index (χ2n) is 4.69. The van der Waals surface area contributed by atoms with E-state index in [1.165, 1.54) is 42.5 Å². The van der Waals surface area contributed by atoms with Crippen molar-refractivity contribution in [3.63, 3.8) is 0 Å². The van der Waals surface area contributed by atoms with Crippen LogP contribution < -0.4 is 5.32 Å². The van der Waals surface area contributed by atoms with Crippen molar-refractivity contribution in [1.29, 1.82) is 0 Å². The highest BCUT2D eigenvalue weighted by molar-refractivity contribution is 7.86. The fourth-order valence-electron chi connectivity index (χ4n) is 1.98. The summed E-state index contributed by atoms with van der Waals surface area (Å²) in [5.74, 6) is -0.883. The fraction of sp³-hybridized carbons (Fsp3) is 0.0625. The molecule has 2 aromatic carbocycles. The minimum absolute atomic E-state index is 0.0357. The lowest BCUT2D eigenvalue weighted by Crippen LogP contribution is -2.13. The summed E-state index contributed by atoms with van der Waals surface area (Å²) in [7, 11) is -2.93. The van der Waals surface area contributed by atoms with Gasteiger partial charge in [0.2, 0.25) is 0 Å². The van der Waals surface area contributed by atoms with Crippen LogP contribution in [0.1, 0.15) is 15.9 Å². The Morgan fingerprint density at radius 1 is 1.29 bits per heavy atom. The van der Waals surface area contributed by atoms with Crippen molar-refractivity contribution in [3.05, 3.63) is 59.1 Å². The van der Waals surface area contributed by atoms with Crippen LogP contribution in [0.4, 0.5) is 5.69 Å². The molecule has 8 heteroatoms. The number of rotatable bonds is 5. The first-order valence-electron chi connectivity index (χ1n) is 6.65. The van der Waals surface area contributed by atoms with Crippen molar-refractivity contribution in [2.75, 3.05) is 12.4 Å². The zero-order valence-corrected chi connectivity index (χ0v) is 14.2. The first kappa shape index (κ1) is 18.0. The lowest BCUT2D eigenvalue weighted by molar-refractivity contribution is 0.102. The number of hydrogen-bond donors (Lipinski definition) is 2. The van der Waals surface area contributed by atoms with Gasteiger partial charge in [-0.15, -0.1) is 0 Å². The van der Waals surface area contributed by atoms with E-state index in [-0.39, 0.29) is 26.9 Å². The summed E-state index contributed by atoms with van der Waals surface area (Å²) < 4.78 is 28.4. The Morgan fingerprint density at radius 3 is 2.62 bits per heavy atom. The lowest BCUT2D eigenvalue weighted by atomic mass is 10.1. The van der Waals surface area contributed by atoms with Crippen molar-refractivity contribution in [1.82, 2.24) is 0 Å². The number of anilines is 1. The monoisotopic (exact) mass is 367 g/mol. The molecule has 0 aliphatic rings. The number of carbonyl (C=O) groups is 1. The summed E-state index contributed by atoms with van der Waals surface area (Å²) in [5, 5.41) is 12.5. The van der Waals surface area contributed by atoms with Gasteiger partial charge in [-0.1, -0.05) is 30.3 Å². The Bertz CT molecular complexity index is 909. The van der Waals surface area contributed by atoms with E-state index in [0.29, 0.717) is 5.56 Å². The number of halogens is 1. The molecule has 126 valence electrons. The zero-order chi connectivity index (χ0) is 17.9. The normalized spacial score (nSPS) is 11.1. The van der Waals surface area contributed by atoms with Crippen LogP contribution in [0.25, 0.3) is 6.08 Å². The fourth-order valence-corrected chi connectivity index (χ4v) is 3.04. The highest BCUT2D eigenvalue weighted by Crippen LogP contribution is 2.26. The Kier molecular flexibility index (Phi) is 5.28. The zero-order valence-electron chi connectivity index (χ0n) is 12.6. The van der Waals surface area contributed by atoms with Gasteiger partial charge in [0.05, 0.1) is 12.7 Å². The van der Waals surface area contributed by atoms with E-state index in [1.807, 2.05) is 0 Å². The molecule has 24 heavy (non-hydrogen) atoms. The molecule has 0 saturated heterocycles. The molecule has 0 fully saturated rings. The van der Waals surface area contributed by atoms with Crippen LogP contribution in [-0.2, 0) is 14.3 Å². The number of amides is 1. The minimum atomic E-state index is -3.97. The van der Waals surface area contributed by atoms with Crippen LogP contribution in [-0.4, -0.2) is 26.5 Å². The second kappa shape index (κ2) is 7.04. The predicted molar refractivity (Wildman–Crippen MR) is 91.8 cm³/mol. The van der Waals surface area contributed by atoms with Gasteiger partial charge in [-0.25, -0.2) is 0 Å². The Labute approximate surface area is 144 Å². The standard InChI is InChI=1S/C16H14ClNO5S/c1-3-10-4-6-12(9-15(10)24(21,22)23-2)18-16(20)13-8-11(17)5-7-14(13)19/h3-9,19H,1H2,2H3,(H,18,20). The van der Waals surface area contributed by atoms with Crippen LogP contribution in [0.3, 0.4) is 0 Å². The Balaban J connectivity index is 2.40. The number of phenolic OH excluding ortho intramolecular Hbond substituents is 1. The lowest BCUT2D eigenvalue weighted by Gasteiger charge is -2.11. The number of aromatic hydroxyl groups is 1. The maximum atomic E-state index is 12.2. The third kappa shape index (κ3) is 3.76. The van der Waals surface area contributed by atoms with Crippen molar-refractivity contribution < 1.29 is 22.5 Å². The second-order valence-corrected chi connectivity index (χ2v) is 6.81. The van der Waals surface area contributed by atoms with Gasteiger partial charge in [-0.2, -0.15) is 8.42 Å². The average Bonchev–Trinajstić information content (AvgIpc) is 2.56. The highest BCUT2D eigenvalue weighted by atomic mass is 35.5. The largest absolute Gasteiger partial charge is 0.507 e. The topological polar surface area (TPSA) is 92.7 Å². The summed E-state index contributed by atoms with van der Waals surface area (Å²) >= 11 is 5.81. The van der Waals surface area contributed by atoms with E-state index in [9.17, 15) is 18.3 Å². The molecule has 0 atom stereocenters. The number of phenols is 1. The molecule has 2 aromatic rings. The first-order chi connectivity index (χ1) is 11.3. The maximum Gasteiger partial charge on any atom is 0.297 e. The summed E-state index contributed by atoms with van der Waals surface area (Å²) in [4.78, 5) is 12.1. The predicted octanol–water partition coefficient (Wildman–Crippen LogP) is 3.28. The van der Waals surface area contributed by atoms with Crippen LogP contribution in [0.5, 0.6) is 5.75 Å². The summed E-state index contributed by atoms with van der Waals surface area (Å²) in [6.45, 7) is 3.54. The minimum Gasteiger partial charge on any atom is -0.507 e. The van der Waals surface area contributed by atoms with Crippen LogP contribution in [0, 0.1) is 0 Å². The van der Waals surface area contributed by atoms with E-state index < -0.39 is 16.0 Å². The molecule has 6 nitrogen and oxygen atoms in total. The van der Waals surface area contributed by atoms with Gasteiger partial charge >= 0.3 is 0 Å². The van der Waals surface area contributed by atoms with Gasteiger partial charge in [0.25, 0.3) is 16.0 Å². The maximum absolute atomic E-state index is 12.2. The van der Waals surface area contributed by atoms with Gasteiger partial charge in [0.15, 0.2) is 0 Å². The van der Waals surface area contributed by atoms with E-state index in [0.717, 1.165) is 7.11 Å². The molecule has 0 heterocycles. The van der Waals surface area contributed by atoms with Gasteiger partial charge < -0.3 is 10.4 Å². The van der Waals surface area contributed by atoms with Crippen molar-refractivity contribution in [2.24, 2.45) is 0 Å². The van der Waals surface area contributed by atoms with Crippen LogP contribution in [0.2, 0.25) is 5.02 Å². The average molecular weight is 368 g/mol. The third-order valence-electron chi connectivity index (χ3n) is 3.18. The SMILES string of the molecule is C=Cc1ccc(NC(=O)c2cc(Cl)ccc2O)cc1S(=O)(=O)OC. The number of carbonyl (C=O) groups excluding carboxylic acids is 1. The van der Waals surface area contributed by atoms with Crippen molar-refractivity contribution >= 4 is 39.4 Å². The number of benzene rings is 2. The summed E-state index contributed by atoms with van der Waals surface area (Å²) in [6.07, 6.45) is 1.36. The molecule has 0 aliphatic heterocycles. The molecule has 1 amide bonds. The van der Waals surface area contributed by atoms with E-state index in [4.69, 9.17) is 11.6 Å². The third-order valence-corrected chi connectivity index (χ3v) is 4.75. The van der Waals surface area contributed by atoms with Crippen molar-refractivity contribution in [3.8, 4) is 5.75 Å².